The van der Waals surface area contributed by atoms with E-state index < -0.39 is 0 Å². The normalized spacial score (nSPS) is 11.0. The molecule has 0 amide bonds. The molecule has 29 heavy (non-hydrogen) atoms. The van der Waals surface area contributed by atoms with Crippen molar-refractivity contribution in [1.82, 2.24) is 4.57 Å². The molecule has 0 bridgehead atoms. The van der Waals surface area contributed by atoms with Crippen LogP contribution in [0.1, 0.15) is 11.1 Å². The fourth-order valence-electron chi connectivity index (χ4n) is 3.70. The molecule has 0 saturated carbocycles. The first-order chi connectivity index (χ1) is 14.1. The van der Waals surface area contributed by atoms with Gasteiger partial charge in [0.15, 0.2) is 0 Å². The van der Waals surface area contributed by atoms with Gasteiger partial charge in [0, 0.05) is 5.39 Å². The molecule has 1 aromatic heterocycles. The van der Waals surface area contributed by atoms with Crippen molar-refractivity contribution in [2.45, 2.75) is 13.0 Å². The highest BCUT2D eigenvalue weighted by atomic mass is 16.5. The van der Waals surface area contributed by atoms with Gasteiger partial charge in [0.1, 0.15) is 11.5 Å². The number of hydrogen-bond donors (Lipinski definition) is 1. The summed E-state index contributed by atoms with van der Waals surface area (Å²) in [4.78, 5) is 13.5. The monoisotopic (exact) mass is 384 g/mol. The smallest absolute Gasteiger partial charge is 0.263 e. The van der Waals surface area contributed by atoms with Crippen molar-refractivity contribution in [3.63, 3.8) is 0 Å². The lowest BCUT2D eigenvalue weighted by Crippen LogP contribution is -2.23. The zero-order chi connectivity index (χ0) is 20.4. The third-order valence-electron chi connectivity index (χ3n) is 5.18. The molecule has 145 valence electrons. The third-order valence-corrected chi connectivity index (χ3v) is 5.18. The van der Waals surface area contributed by atoms with E-state index in [0.717, 1.165) is 16.9 Å². The molecule has 0 spiro atoms. The van der Waals surface area contributed by atoms with Gasteiger partial charge in [0.25, 0.3) is 5.56 Å². The number of benzene rings is 3. The summed E-state index contributed by atoms with van der Waals surface area (Å²) in [6, 6.07) is 22.6. The molecule has 0 atom stereocenters. The molecule has 4 heteroatoms. The minimum atomic E-state index is -0.224. The molecular formula is C25H22NO3. The van der Waals surface area contributed by atoms with Crippen LogP contribution in [0.3, 0.4) is 0 Å². The molecule has 1 heterocycles. The molecule has 0 aliphatic heterocycles. The van der Waals surface area contributed by atoms with E-state index in [4.69, 9.17) is 4.74 Å². The number of pyridine rings is 1. The Morgan fingerprint density at radius 2 is 1.69 bits per heavy atom. The van der Waals surface area contributed by atoms with Crippen molar-refractivity contribution in [2.75, 3.05) is 7.11 Å². The van der Waals surface area contributed by atoms with Gasteiger partial charge < -0.3 is 14.4 Å². The summed E-state index contributed by atoms with van der Waals surface area (Å²) in [6.07, 6.45) is 0.514. The molecule has 0 unspecified atom stereocenters. The maximum absolute atomic E-state index is 13.5. The molecule has 1 N–H and O–H groups in total. The number of methoxy groups -OCH3 is 1. The minimum absolute atomic E-state index is 0.0152. The summed E-state index contributed by atoms with van der Waals surface area (Å²) in [5.41, 5.74) is 3.36. The second-order valence-corrected chi connectivity index (χ2v) is 6.89. The maximum Gasteiger partial charge on any atom is 0.263 e. The van der Waals surface area contributed by atoms with E-state index in [9.17, 15) is 9.90 Å². The highest BCUT2D eigenvalue weighted by Crippen LogP contribution is 2.35. The number of fused-ring (bicyclic) bond motifs is 1. The fraction of sp³-hybridized carbons (Fsp3) is 0.120. The third kappa shape index (κ3) is 3.38. The van der Waals surface area contributed by atoms with Gasteiger partial charge in [0.2, 0.25) is 0 Å². The van der Waals surface area contributed by atoms with Crippen LogP contribution in [0.25, 0.3) is 22.0 Å². The first-order valence-corrected chi connectivity index (χ1v) is 9.49. The summed E-state index contributed by atoms with van der Waals surface area (Å²) in [5.74, 6) is 0.780. The minimum Gasteiger partial charge on any atom is -0.506 e. The van der Waals surface area contributed by atoms with Crippen molar-refractivity contribution < 1.29 is 9.84 Å². The van der Waals surface area contributed by atoms with Crippen LogP contribution in [0.2, 0.25) is 0 Å². The Kier molecular flexibility index (Phi) is 5.09. The lowest BCUT2D eigenvalue weighted by molar-refractivity contribution is 0.414. The highest BCUT2D eigenvalue weighted by Gasteiger charge is 2.19. The molecule has 3 aromatic carbocycles. The van der Waals surface area contributed by atoms with Gasteiger partial charge in [-0.05, 0) is 48.2 Å². The van der Waals surface area contributed by atoms with Crippen LogP contribution in [0.4, 0.5) is 0 Å². The summed E-state index contributed by atoms with van der Waals surface area (Å²) < 4.78 is 6.95. The number of aromatic nitrogens is 1. The van der Waals surface area contributed by atoms with E-state index in [1.165, 1.54) is 0 Å². The average Bonchev–Trinajstić information content (AvgIpc) is 2.77. The molecule has 4 nitrogen and oxygen atoms in total. The van der Waals surface area contributed by atoms with Crippen molar-refractivity contribution in [3.8, 4) is 22.6 Å². The highest BCUT2D eigenvalue weighted by molar-refractivity contribution is 5.94. The Labute approximate surface area is 169 Å². The SMILES string of the molecule is [CH2]Cc1cccc2c1c(O)c(-c1ccccc1)c(=O)n2Cc1ccc(OC)cc1. The van der Waals surface area contributed by atoms with Crippen molar-refractivity contribution in [2.24, 2.45) is 0 Å². The molecule has 0 aliphatic carbocycles. The number of ether oxygens (including phenoxy) is 1. The van der Waals surface area contributed by atoms with Crippen LogP contribution in [0, 0.1) is 6.92 Å². The molecule has 0 fully saturated rings. The van der Waals surface area contributed by atoms with Gasteiger partial charge in [-0.25, -0.2) is 0 Å². The summed E-state index contributed by atoms with van der Waals surface area (Å²) >= 11 is 0. The van der Waals surface area contributed by atoms with Gasteiger partial charge >= 0.3 is 0 Å². The number of aromatic hydroxyl groups is 1. The van der Waals surface area contributed by atoms with E-state index in [1.807, 2.05) is 72.8 Å². The summed E-state index contributed by atoms with van der Waals surface area (Å²) in [5, 5.41) is 11.8. The molecule has 1 radical (unpaired) electrons. The second-order valence-electron chi connectivity index (χ2n) is 6.89. The van der Waals surface area contributed by atoms with Gasteiger partial charge in [-0.2, -0.15) is 0 Å². The zero-order valence-electron chi connectivity index (χ0n) is 16.3. The topological polar surface area (TPSA) is 51.5 Å². The van der Waals surface area contributed by atoms with E-state index in [0.29, 0.717) is 35.0 Å². The predicted molar refractivity (Wildman–Crippen MR) is 116 cm³/mol. The van der Waals surface area contributed by atoms with Crippen LogP contribution in [-0.2, 0) is 13.0 Å². The van der Waals surface area contributed by atoms with Gasteiger partial charge in [0.05, 0.1) is 24.7 Å². The van der Waals surface area contributed by atoms with E-state index in [-0.39, 0.29) is 11.3 Å². The Morgan fingerprint density at radius 1 is 0.966 bits per heavy atom. The van der Waals surface area contributed by atoms with Crippen LogP contribution in [-0.4, -0.2) is 16.8 Å². The molecule has 0 aliphatic rings. The van der Waals surface area contributed by atoms with E-state index >= 15 is 0 Å². The Hall–Kier alpha value is -3.53. The molecule has 4 aromatic rings. The Balaban J connectivity index is 2.00. The summed E-state index contributed by atoms with van der Waals surface area (Å²) in [7, 11) is 1.62. The van der Waals surface area contributed by atoms with Crippen molar-refractivity contribution in [1.29, 1.82) is 0 Å². The number of rotatable bonds is 5. The van der Waals surface area contributed by atoms with E-state index in [2.05, 4.69) is 6.92 Å². The van der Waals surface area contributed by atoms with E-state index in [1.54, 1.807) is 11.7 Å². The lowest BCUT2D eigenvalue weighted by atomic mass is 9.98. The van der Waals surface area contributed by atoms with Crippen LogP contribution in [0.15, 0.2) is 77.6 Å². The number of nitrogens with zero attached hydrogens (tertiary/aromatic N) is 1. The van der Waals surface area contributed by atoms with Crippen LogP contribution in [0.5, 0.6) is 11.5 Å². The standard InChI is InChI=1S/C25H22NO3/c1-3-18-10-7-11-21-22(18)24(27)23(19-8-5-4-6-9-19)25(28)26(21)16-17-12-14-20(29-2)15-13-17/h4-15,27H,1,3,16H2,2H3. The van der Waals surface area contributed by atoms with Crippen LogP contribution < -0.4 is 10.3 Å². The first-order valence-electron chi connectivity index (χ1n) is 9.49. The summed E-state index contributed by atoms with van der Waals surface area (Å²) in [6.45, 7) is 4.38. The van der Waals surface area contributed by atoms with Crippen LogP contribution >= 0.6 is 0 Å². The quantitative estimate of drug-likeness (QED) is 0.537. The predicted octanol–water partition coefficient (Wildman–Crippen LogP) is 4.81. The molecule has 0 saturated heterocycles. The molecular weight excluding hydrogens is 362 g/mol. The average molecular weight is 384 g/mol. The largest absolute Gasteiger partial charge is 0.506 e. The fourth-order valence-corrected chi connectivity index (χ4v) is 3.70. The van der Waals surface area contributed by atoms with Gasteiger partial charge in [-0.3, -0.25) is 4.79 Å². The number of hydrogen-bond acceptors (Lipinski definition) is 3. The second kappa shape index (κ2) is 7.84. The van der Waals surface area contributed by atoms with Crippen molar-refractivity contribution >= 4 is 10.9 Å². The van der Waals surface area contributed by atoms with Gasteiger partial charge in [-0.15, -0.1) is 0 Å². The zero-order valence-corrected chi connectivity index (χ0v) is 16.3. The maximum atomic E-state index is 13.5. The van der Waals surface area contributed by atoms with Gasteiger partial charge in [-0.1, -0.05) is 54.6 Å². The Bertz CT molecular complexity index is 1210. The molecule has 4 rings (SSSR count). The lowest BCUT2D eigenvalue weighted by Gasteiger charge is -2.17. The van der Waals surface area contributed by atoms with Crippen molar-refractivity contribution in [3.05, 3.63) is 101 Å². The Morgan fingerprint density at radius 3 is 2.34 bits per heavy atom. The first kappa shape index (κ1) is 18.8.